The van der Waals surface area contributed by atoms with E-state index in [0.29, 0.717) is 0 Å². The largest absolute Gasteiger partial charge is 0.458 e. The topological polar surface area (TPSA) is 88.1 Å². The van der Waals surface area contributed by atoms with Gasteiger partial charge in [-0.2, -0.15) is 13.2 Å². The second-order valence-electron chi connectivity index (χ2n) is 4.59. The van der Waals surface area contributed by atoms with Crippen molar-refractivity contribution in [3.63, 3.8) is 0 Å². The smallest absolute Gasteiger partial charge is 0.418 e. The molecule has 0 N–H and O–H groups in total. The van der Waals surface area contributed by atoms with Gasteiger partial charge >= 0.3 is 24.1 Å². The normalized spacial score (nSPS) is 28.6. The van der Waals surface area contributed by atoms with Crippen molar-refractivity contribution in [3.05, 3.63) is 0 Å². The first-order chi connectivity index (χ1) is 10.0. The quantitative estimate of drug-likeness (QED) is 0.566. The van der Waals surface area contributed by atoms with E-state index in [4.69, 9.17) is 4.74 Å². The van der Waals surface area contributed by atoms with Gasteiger partial charge in [-0.05, 0) is 0 Å². The molecule has 1 heterocycles. The summed E-state index contributed by atoms with van der Waals surface area (Å²) in [7, 11) is 0. The predicted octanol–water partition coefficient (Wildman–Crippen LogP) is 1.09. The number of esters is 3. The summed E-state index contributed by atoms with van der Waals surface area (Å²) in [5.74, 6) is -2.73. The zero-order valence-corrected chi connectivity index (χ0v) is 12.0. The predicted molar refractivity (Wildman–Crippen MR) is 62.2 cm³/mol. The number of rotatable bonds is 3. The van der Waals surface area contributed by atoms with Crippen LogP contribution in [-0.4, -0.2) is 48.7 Å². The first kappa shape index (κ1) is 18.2. The molecule has 4 atom stereocenters. The van der Waals surface area contributed by atoms with E-state index in [9.17, 15) is 27.6 Å². The fraction of sp³-hybridized carbons (Fsp3) is 0.750. The third-order valence-electron chi connectivity index (χ3n) is 2.63. The highest BCUT2D eigenvalue weighted by Crippen LogP contribution is 2.36. The molecule has 126 valence electrons. The molecule has 1 saturated heterocycles. The Kier molecular flexibility index (Phi) is 5.75. The molecule has 0 aliphatic carbocycles. The summed E-state index contributed by atoms with van der Waals surface area (Å²) in [6, 6.07) is 0. The van der Waals surface area contributed by atoms with E-state index < -0.39 is 48.7 Å². The van der Waals surface area contributed by atoms with Gasteiger partial charge in [0, 0.05) is 20.8 Å². The van der Waals surface area contributed by atoms with Crippen LogP contribution in [0, 0.1) is 0 Å². The van der Waals surface area contributed by atoms with Crippen molar-refractivity contribution in [3.8, 4) is 0 Å². The van der Waals surface area contributed by atoms with Crippen LogP contribution < -0.4 is 0 Å². The Balaban J connectivity index is 3.07. The number of carbonyl (C=O) groups is 3. The molecule has 0 spiro atoms. The van der Waals surface area contributed by atoms with Gasteiger partial charge in [0.15, 0.2) is 12.2 Å². The maximum Gasteiger partial charge on any atom is 0.418 e. The summed E-state index contributed by atoms with van der Waals surface area (Å²) in [6.07, 6.45) is -12.8. The lowest BCUT2D eigenvalue weighted by Crippen LogP contribution is -2.57. The Morgan fingerprint density at radius 1 is 0.955 bits per heavy atom. The fourth-order valence-electron chi connectivity index (χ4n) is 2.00. The third-order valence-corrected chi connectivity index (χ3v) is 2.63. The zero-order valence-electron chi connectivity index (χ0n) is 12.0. The summed E-state index contributed by atoms with van der Waals surface area (Å²) in [4.78, 5) is 32.9. The molecular weight excluding hydrogens is 313 g/mol. The summed E-state index contributed by atoms with van der Waals surface area (Å²) in [6.45, 7) is 2.89. The number of hydrogen-bond acceptors (Lipinski definition) is 7. The van der Waals surface area contributed by atoms with Gasteiger partial charge in [0.25, 0.3) is 0 Å². The van der Waals surface area contributed by atoms with Crippen molar-refractivity contribution >= 4 is 17.9 Å². The maximum atomic E-state index is 13.1. The molecule has 1 aliphatic rings. The van der Waals surface area contributed by atoms with Crippen LogP contribution in [-0.2, 0) is 33.3 Å². The standard InChI is InChI=1S/C12H15F3O7/c1-5(16)19-8-4-9(20-6(2)17)22-11(12(13,14)15)10(8)21-7(3)18/h8-11H,4H2,1-3H3/t8-,9+,10-,11+/m0/s1. The lowest BCUT2D eigenvalue weighted by atomic mass is 10.00. The van der Waals surface area contributed by atoms with Crippen molar-refractivity contribution in [1.29, 1.82) is 0 Å². The van der Waals surface area contributed by atoms with Crippen molar-refractivity contribution in [2.24, 2.45) is 0 Å². The second-order valence-corrected chi connectivity index (χ2v) is 4.59. The van der Waals surface area contributed by atoms with Gasteiger partial charge in [-0.15, -0.1) is 0 Å². The van der Waals surface area contributed by atoms with Crippen molar-refractivity contribution in [2.45, 2.75) is 58.0 Å². The van der Waals surface area contributed by atoms with Crippen LogP contribution in [0.25, 0.3) is 0 Å². The van der Waals surface area contributed by atoms with E-state index in [1.165, 1.54) is 0 Å². The maximum absolute atomic E-state index is 13.1. The molecule has 0 amide bonds. The van der Waals surface area contributed by atoms with E-state index in [-0.39, 0.29) is 6.42 Å². The van der Waals surface area contributed by atoms with Crippen molar-refractivity contribution in [2.75, 3.05) is 0 Å². The van der Waals surface area contributed by atoms with Crippen LogP contribution in [0.4, 0.5) is 13.2 Å². The highest BCUT2D eigenvalue weighted by molar-refractivity contribution is 5.67. The third kappa shape index (κ3) is 5.17. The van der Waals surface area contributed by atoms with Crippen molar-refractivity contribution in [1.82, 2.24) is 0 Å². The molecule has 10 heteroatoms. The Hall–Kier alpha value is -1.84. The zero-order chi connectivity index (χ0) is 17.1. The summed E-state index contributed by atoms with van der Waals surface area (Å²) in [5.41, 5.74) is 0. The average molecular weight is 328 g/mol. The lowest BCUT2D eigenvalue weighted by molar-refractivity contribution is -0.324. The van der Waals surface area contributed by atoms with Gasteiger partial charge in [0.2, 0.25) is 6.29 Å². The number of alkyl halides is 3. The summed E-state index contributed by atoms with van der Waals surface area (Å²) < 4.78 is 57.8. The van der Waals surface area contributed by atoms with Crippen LogP contribution in [0.15, 0.2) is 0 Å². The van der Waals surface area contributed by atoms with Crippen molar-refractivity contribution < 1.29 is 46.5 Å². The number of halogens is 3. The molecule has 7 nitrogen and oxygen atoms in total. The minimum Gasteiger partial charge on any atom is -0.458 e. The van der Waals surface area contributed by atoms with Gasteiger partial charge in [0.05, 0.1) is 6.42 Å². The number of hydrogen-bond donors (Lipinski definition) is 0. The van der Waals surface area contributed by atoms with E-state index in [2.05, 4.69) is 14.2 Å². The highest BCUT2D eigenvalue weighted by Gasteiger charge is 2.56. The molecule has 1 aliphatic heterocycles. The van der Waals surface area contributed by atoms with Crippen LogP contribution in [0.1, 0.15) is 27.2 Å². The van der Waals surface area contributed by atoms with Crippen LogP contribution in [0.3, 0.4) is 0 Å². The van der Waals surface area contributed by atoms with Crippen LogP contribution >= 0.6 is 0 Å². The minimum atomic E-state index is -4.92. The van der Waals surface area contributed by atoms with Gasteiger partial charge < -0.3 is 18.9 Å². The molecule has 0 unspecified atom stereocenters. The molecule has 1 rings (SSSR count). The van der Waals surface area contributed by atoms with E-state index in [1.807, 2.05) is 0 Å². The van der Waals surface area contributed by atoms with Gasteiger partial charge in [0.1, 0.15) is 6.10 Å². The van der Waals surface area contributed by atoms with Gasteiger partial charge in [-0.25, -0.2) is 0 Å². The Labute approximate surface area is 123 Å². The molecular formula is C12H15F3O7. The van der Waals surface area contributed by atoms with Crippen LogP contribution in [0.2, 0.25) is 0 Å². The van der Waals surface area contributed by atoms with E-state index >= 15 is 0 Å². The molecule has 0 aromatic heterocycles. The lowest BCUT2D eigenvalue weighted by Gasteiger charge is -2.40. The first-order valence-electron chi connectivity index (χ1n) is 6.24. The first-order valence-corrected chi connectivity index (χ1v) is 6.24. The SMILES string of the molecule is CC(=O)O[C@H]1C[C@H](OC(C)=O)[C@H](OC(C)=O)[C@H](C(F)(F)F)O1. The second kappa shape index (κ2) is 6.95. The molecule has 22 heavy (non-hydrogen) atoms. The number of ether oxygens (including phenoxy) is 4. The van der Waals surface area contributed by atoms with E-state index in [0.717, 1.165) is 20.8 Å². The average Bonchev–Trinajstić information content (AvgIpc) is 2.28. The minimum absolute atomic E-state index is 0.385. The molecule has 0 bridgehead atoms. The Morgan fingerprint density at radius 3 is 1.86 bits per heavy atom. The molecule has 0 aromatic carbocycles. The molecule has 1 fully saturated rings. The fourth-order valence-corrected chi connectivity index (χ4v) is 2.00. The van der Waals surface area contributed by atoms with Crippen LogP contribution in [0.5, 0.6) is 0 Å². The molecule has 0 aromatic rings. The monoisotopic (exact) mass is 328 g/mol. The molecule has 0 radical (unpaired) electrons. The summed E-state index contributed by atoms with van der Waals surface area (Å²) in [5, 5.41) is 0. The summed E-state index contributed by atoms with van der Waals surface area (Å²) >= 11 is 0. The Bertz CT molecular complexity index is 448. The highest BCUT2D eigenvalue weighted by atomic mass is 19.4. The van der Waals surface area contributed by atoms with Gasteiger partial charge in [-0.1, -0.05) is 0 Å². The Morgan fingerprint density at radius 2 is 1.45 bits per heavy atom. The van der Waals surface area contributed by atoms with Gasteiger partial charge in [-0.3, -0.25) is 14.4 Å². The van der Waals surface area contributed by atoms with E-state index in [1.54, 1.807) is 0 Å². The molecule has 0 saturated carbocycles. The number of carbonyl (C=O) groups excluding carboxylic acids is 3.